The van der Waals surface area contributed by atoms with Gasteiger partial charge in [0.2, 0.25) is 0 Å². The monoisotopic (exact) mass is 346 g/mol. The molecule has 3 rings (SSSR count). The largest absolute Gasteiger partial charge is 0.493 e. The van der Waals surface area contributed by atoms with E-state index in [2.05, 4.69) is 34.1 Å². The lowest BCUT2D eigenvalue weighted by molar-refractivity contribution is 0.202. The Kier molecular flexibility index (Phi) is 4.49. The number of ether oxygens (including phenoxy) is 2. The first-order valence-corrected chi connectivity index (χ1v) is 8.17. The Morgan fingerprint density at radius 3 is 2.52 bits per heavy atom. The predicted molar refractivity (Wildman–Crippen MR) is 89.0 cm³/mol. The first-order valence-electron chi connectivity index (χ1n) is 7.37. The highest BCUT2D eigenvalue weighted by molar-refractivity contribution is 9.10. The molecule has 0 aromatic heterocycles. The number of hydrogen-bond donors (Lipinski definition) is 0. The molecule has 0 bridgehead atoms. The lowest BCUT2D eigenvalue weighted by Gasteiger charge is -2.19. The molecule has 2 nitrogen and oxygen atoms in total. The van der Waals surface area contributed by atoms with E-state index in [1.54, 1.807) is 7.11 Å². The van der Waals surface area contributed by atoms with Crippen LogP contribution in [0.3, 0.4) is 0 Å². The van der Waals surface area contributed by atoms with Crippen molar-refractivity contribution in [3.8, 4) is 22.6 Å². The van der Waals surface area contributed by atoms with Crippen molar-refractivity contribution in [2.45, 2.75) is 31.8 Å². The van der Waals surface area contributed by atoms with E-state index in [9.17, 15) is 0 Å². The minimum Gasteiger partial charge on any atom is -0.493 e. The third-order valence-corrected chi connectivity index (χ3v) is 4.41. The zero-order valence-corrected chi connectivity index (χ0v) is 13.7. The molecule has 0 spiro atoms. The fourth-order valence-corrected chi connectivity index (χ4v) is 3.25. The zero-order valence-electron chi connectivity index (χ0n) is 12.1. The molecule has 0 aliphatic heterocycles. The van der Waals surface area contributed by atoms with Gasteiger partial charge < -0.3 is 9.47 Å². The molecule has 110 valence electrons. The van der Waals surface area contributed by atoms with Gasteiger partial charge in [0.15, 0.2) is 11.5 Å². The van der Waals surface area contributed by atoms with Gasteiger partial charge in [-0.3, -0.25) is 0 Å². The summed E-state index contributed by atoms with van der Waals surface area (Å²) in [5, 5.41) is 0. The van der Waals surface area contributed by atoms with Crippen molar-refractivity contribution < 1.29 is 9.47 Å². The summed E-state index contributed by atoms with van der Waals surface area (Å²) in [5.74, 6) is 1.67. The van der Waals surface area contributed by atoms with Gasteiger partial charge in [-0.2, -0.15) is 0 Å². The van der Waals surface area contributed by atoms with Crippen LogP contribution in [0.25, 0.3) is 11.1 Å². The Hall–Kier alpha value is -1.48. The molecule has 1 aliphatic carbocycles. The van der Waals surface area contributed by atoms with Gasteiger partial charge in [-0.1, -0.05) is 40.2 Å². The summed E-state index contributed by atoms with van der Waals surface area (Å²) in [6.07, 6.45) is 5.09. The van der Waals surface area contributed by atoms with Crippen LogP contribution in [-0.2, 0) is 0 Å². The Morgan fingerprint density at radius 1 is 1.05 bits per heavy atom. The molecule has 3 heteroatoms. The van der Waals surface area contributed by atoms with Crippen molar-refractivity contribution in [1.29, 1.82) is 0 Å². The second-order valence-corrected chi connectivity index (χ2v) is 6.29. The number of benzene rings is 2. The molecule has 2 aromatic carbocycles. The summed E-state index contributed by atoms with van der Waals surface area (Å²) < 4.78 is 12.9. The fraction of sp³-hybridized carbons (Fsp3) is 0.333. The number of para-hydroxylation sites is 1. The average molecular weight is 347 g/mol. The maximum Gasteiger partial charge on any atom is 0.169 e. The van der Waals surface area contributed by atoms with Gasteiger partial charge in [-0.25, -0.2) is 0 Å². The first kappa shape index (κ1) is 14.5. The van der Waals surface area contributed by atoms with Gasteiger partial charge >= 0.3 is 0 Å². The van der Waals surface area contributed by atoms with Crippen molar-refractivity contribution in [3.05, 3.63) is 46.9 Å². The van der Waals surface area contributed by atoms with Crippen LogP contribution < -0.4 is 9.47 Å². The van der Waals surface area contributed by atoms with E-state index < -0.39 is 0 Å². The molecule has 1 aliphatic rings. The molecule has 21 heavy (non-hydrogen) atoms. The molecule has 2 aromatic rings. The smallest absolute Gasteiger partial charge is 0.169 e. The third kappa shape index (κ3) is 3.24. The summed E-state index contributed by atoms with van der Waals surface area (Å²) >= 11 is 3.54. The molecular weight excluding hydrogens is 328 g/mol. The minimum atomic E-state index is 0.312. The lowest BCUT2D eigenvalue weighted by atomic mass is 10.0. The van der Waals surface area contributed by atoms with Gasteiger partial charge in [0, 0.05) is 10.0 Å². The van der Waals surface area contributed by atoms with Gasteiger partial charge in [0.1, 0.15) is 0 Å². The maximum atomic E-state index is 6.28. The summed E-state index contributed by atoms with van der Waals surface area (Å²) in [6.45, 7) is 0. The molecular formula is C18H19BrO2. The van der Waals surface area contributed by atoms with E-state index in [0.29, 0.717) is 6.10 Å². The molecule has 0 atom stereocenters. The van der Waals surface area contributed by atoms with Crippen molar-refractivity contribution in [2.24, 2.45) is 0 Å². The van der Waals surface area contributed by atoms with Crippen LogP contribution in [-0.4, -0.2) is 13.2 Å². The standard InChI is InChI=1S/C18H19BrO2/c1-20-17-11-5-10-16(13-6-4-7-14(19)12-13)18(17)21-15-8-2-3-9-15/h4-7,10-12,15H,2-3,8-9H2,1H3. The van der Waals surface area contributed by atoms with Gasteiger partial charge in [0.25, 0.3) is 0 Å². The Morgan fingerprint density at radius 2 is 1.81 bits per heavy atom. The number of halogens is 1. The SMILES string of the molecule is COc1cccc(-c2cccc(Br)c2)c1OC1CCCC1. The third-order valence-electron chi connectivity index (χ3n) is 3.92. The van der Waals surface area contributed by atoms with Crippen LogP contribution in [0.2, 0.25) is 0 Å². The fourth-order valence-electron chi connectivity index (χ4n) is 2.85. The molecule has 1 fully saturated rings. The normalized spacial score (nSPS) is 15.1. The number of rotatable bonds is 4. The Balaban J connectivity index is 2.02. The summed E-state index contributed by atoms with van der Waals surface area (Å²) in [6, 6.07) is 14.3. The van der Waals surface area contributed by atoms with Gasteiger partial charge in [-0.15, -0.1) is 0 Å². The molecule has 0 saturated heterocycles. The van der Waals surface area contributed by atoms with E-state index in [1.165, 1.54) is 12.8 Å². The topological polar surface area (TPSA) is 18.5 Å². The molecule has 0 unspecified atom stereocenters. The molecule has 0 N–H and O–H groups in total. The predicted octanol–water partition coefficient (Wildman–Crippen LogP) is 5.45. The molecule has 0 amide bonds. The average Bonchev–Trinajstić information content (AvgIpc) is 3.00. The summed E-state index contributed by atoms with van der Waals surface area (Å²) in [7, 11) is 1.70. The Labute approximate surface area is 134 Å². The van der Waals surface area contributed by atoms with Crippen molar-refractivity contribution in [1.82, 2.24) is 0 Å². The van der Waals surface area contributed by atoms with Crippen molar-refractivity contribution in [3.63, 3.8) is 0 Å². The van der Waals surface area contributed by atoms with E-state index in [0.717, 1.165) is 39.9 Å². The summed E-state index contributed by atoms with van der Waals surface area (Å²) in [4.78, 5) is 0. The Bertz CT molecular complexity index is 618. The lowest BCUT2D eigenvalue weighted by Crippen LogP contribution is -2.12. The van der Waals surface area contributed by atoms with Crippen LogP contribution in [0.5, 0.6) is 11.5 Å². The van der Waals surface area contributed by atoms with Gasteiger partial charge in [-0.05, 0) is 49.4 Å². The van der Waals surface area contributed by atoms with E-state index in [-0.39, 0.29) is 0 Å². The van der Waals surface area contributed by atoms with Crippen molar-refractivity contribution >= 4 is 15.9 Å². The van der Waals surface area contributed by atoms with Crippen LogP contribution in [0, 0.1) is 0 Å². The quantitative estimate of drug-likeness (QED) is 0.733. The molecule has 1 saturated carbocycles. The van der Waals surface area contributed by atoms with Crippen LogP contribution in [0.15, 0.2) is 46.9 Å². The highest BCUT2D eigenvalue weighted by Crippen LogP contribution is 2.40. The molecule has 0 radical (unpaired) electrons. The number of hydrogen-bond acceptors (Lipinski definition) is 2. The second-order valence-electron chi connectivity index (χ2n) is 5.37. The van der Waals surface area contributed by atoms with E-state index in [1.807, 2.05) is 24.3 Å². The zero-order chi connectivity index (χ0) is 14.7. The van der Waals surface area contributed by atoms with Crippen LogP contribution in [0.1, 0.15) is 25.7 Å². The number of methoxy groups -OCH3 is 1. The second kappa shape index (κ2) is 6.52. The highest BCUT2D eigenvalue weighted by atomic mass is 79.9. The summed E-state index contributed by atoms with van der Waals surface area (Å²) in [5.41, 5.74) is 2.22. The molecule has 0 heterocycles. The van der Waals surface area contributed by atoms with Crippen LogP contribution in [0.4, 0.5) is 0 Å². The van der Waals surface area contributed by atoms with E-state index >= 15 is 0 Å². The van der Waals surface area contributed by atoms with E-state index in [4.69, 9.17) is 9.47 Å². The first-order chi connectivity index (χ1) is 10.3. The van der Waals surface area contributed by atoms with Crippen LogP contribution >= 0.6 is 15.9 Å². The van der Waals surface area contributed by atoms with Crippen molar-refractivity contribution in [2.75, 3.05) is 7.11 Å². The van der Waals surface area contributed by atoms with Gasteiger partial charge in [0.05, 0.1) is 13.2 Å². The highest BCUT2D eigenvalue weighted by Gasteiger charge is 2.21. The minimum absolute atomic E-state index is 0.312. The maximum absolute atomic E-state index is 6.28.